The zero-order chi connectivity index (χ0) is 34.9. The number of hydrogen-bond donors (Lipinski definition) is 3. The Morgan fingerprint density at radius 2 is 1.49 bits per heavy atom. The Balaban J connectivity index is 1.34. The summed E-state index contributed by atoms with van der Waals surface area (Å²) in [5.74, 6) is -1.38. The average molecular weight is 712 g/mol. The van der Waals surface area contributed by atoms with E-state index in [1.807, 2.05) is 30.3 Å². The van der Waals surface area contributed by atoms with Crippen LogP contribution in [0.2, 0.25) is 10.0 Å². The van der Waals surface area contributed by atoms with Crippen molar-refractivity contribution in [1.82, 2.24) is 5.32 Å². The van der Waals surface area contributed by atoms with E-state index < -0.39 is 22.0 Å². The number of rotatable bonds is 11. The van der Waals surface area contributed by atoms with E-state index in [-0.39, 0.29) is 17.3 Å². The van der Waals surface area contributed by atoms with Crippen molar-refractivity contribution in [3.05, 3.63) is 169 Å². The number of nitrogens with one attached hydrogen (secondary N) is 3. The third-order valence-corrected chi connectivity index (χ3v) is 9.01. The Labute approximate surface area is 296 Å². The van der Waals surface area contributed by atoms with E-state index in [4.69, 9.17) is 23.2 Å². The predicted octanol–water partition coefficient (Wildman–Crippen LogP) is 9.09. The third-order valence-electron chi connectivity index (χ3n) is 7.18. The van der Waals surface area contributed by atoms with Gasteiger partial charge in [-0.3, -0.25) is 24.5 Å². The molecule has 3 amide bonds. The van der Waals surface area contributed by atoms with E-state index >= 15 is 0 Å². The van der Waals surface area contributed by atoms with Gasteiger partial charge in [0.25, 0.3) is 17.5 Å². The van der Waals surface area contributed by atoms with Gasteiger partial charge in [-0.2, -0.15) is 0 Å². The number of nitro benzene ring substituents is 1. The van der Waals surface area contributed by atoms with Gasteiger partial charge in [0.1, 0.15) is 10.9 Å². The molecule has 0 bridgehead atoms. The second-order valence-corrected chi connectivity index (χ2v) is 12.7. The molecule has 0 aliphatic carbocycles. The molecule has 5 aromatic carbocycles. The number of hydrogen-bond acceptors (Lipinski definition) is 6. The molecule has 1 atom stereocenters. The van der Waals surface area contributed by atoms with Crippen LogP contribution in [0.15, 0.2) is 132 Å². The number of non-ortho nitro benzene ring substituents is 1. The van der Waals surface area contributed by atoms with E-state index in [0.717, 1.165) is 10.5 Å². The standard InChI is InChI=1S/C37H28Cl2N4O5S/c1-23-20-29(43(47)48)16-19-32(23)41-37(46)34(24-8-4-2-5-9-24)49-30-17-14-28(15-18-30)40-36(45)33(21-26-12-13-27(38)22-31(26)39)42-35(44)25-10-6-3-7-11-25/h2-22,34H,1H3,(H,40,45)(H,41,46)(H,42,44)/b33-21-. The topological polar surface area (TPSA) is 130 Å². The number of thioether (sulfide) groups is 1. The molecule has 49 heavy (non-hydrogen) atoms. The highest BCUT2D eigenvalue weighted by Crippen LogP contribution is 2.37. The van der Waals surface area contributed by atoms with Crippen LogP contribution in [-0.2, 0) is 9.59 Å². The number of nitro groups is 1. The van der Waals surface area contributed by atoms with Gasteiger partial charge in [-0.15, -0.1) is 11.8 Å². The Bertz CT molecular complexity index is 2040. The first-order valence-corrected chi connectivity index (χ1v) is 16.4. The summed E-state index contributed by atoms with van der Waals surface area (Å²) in [6.07, 6.45) is 1.47. The lowest BCUT2D eigenvalue weighted by molar-refractivity contribution is -0.384. The highest BCUT2D eigenvalue weighted by atomic mass is 35.5. The van der Waals surface area contributed by atoms with Crippen LogP contribution in [0.1, 0.15) is 32.3 Å². The van der Waals surface area contributed by atoms with Gasteiger partial charge < -0.3 is 16.0 Å². The zero-order valence-electron chi connectivity index (χ0n) is 25.9. The minimum absolute atomic E-state index is 0.0427. The van der Waals surface area contributed by atoms with Crippen LogP contribution >= 0.6 is 35.0 Å². The van der Waals surface area contributed by atoms with Crippen LogP contribution in [0.4, 0.5) is 17.1 Å². The molecule has 246 valence electrons. The molecule has 0 spiro atoms. The van der Waals surface area contributed by atoms with E-state index in [1.54, 1.807) is 73.7 Å². The normalized spacial score (nSPS) is 11.7. The number of nitrogens with zero attached hydrogens (tertiary/aromatic N) is 1. The number of anilines is 2. The van der Waals surface area contributed by atoms with E-state index in [2.05, 4.69) is 16.0 Å². The van der Waals surface area contributed by atoms with Gasteiger partial charge in [0.2, 0.25) is 5.91 Å². The maximum absolute atomic E-state index is 13.6. The maximum Gasteiger partial charge on any atom is 0.272 e. The molecule has 1 unspecified atom stereocenters. The molecule has 5 aromatic rings. The number of carbonyl (C=O) groups is 3. The van der Waals surface area contributed by atoms with Crippen molar-refractivity contribution >= 4 is 75.8 Å². The quantitative estimate of drug-likeness (QED) is 0.0543. The molecular formula is C37H28Cl2N4O5S. The number of aryl methyl sites for hydroxylation is 1. The third kappa shape index (κ3) is 9.35. The fraction of sp³-hybridized carbons (Fsp3) is 0.0541. The fourth-order valence-corrected chi connectivity index (χ4v) is 6.16. The Morgan fingerprint density at radius 3 is 2.12 bits per heavy atom. The molecule has 0 fully saturated rings. The summed E-state index contributed by atoms with van der Waals surface area (Å²) in [4.78, 5) is 51.5. The second-order valence-electron chi connectivity index (χ2n) is 10.7. The summed E-state index contributed by atoms with van der Waals surface area (Å²) < 4.78 is 0. The maximum atomic E-state index is 13.6. The Morgan fingerprint density at radius 1 is 0.816 bits per heavy atom. The second kappa shape index (κ2) is 16.1. The van der Waals surface area contributed by atoms with Gasteiger partial charge in [0.15, 0.2) is 0 Å². The summed E-state index contributed by atoms with van der Waals surface area (Å²) in [5.41, 5.74) is 2.97. The summed E-state index contributed by atoms with van der Waals surface area (Å²) in [7, 11) is 0. The predicted molar refractivity (Wildman–Crippen MR) is 195 cm³/mol. The van der Waals surface area contributed by atoms with Crippen molar-refractivity contribution in [1.29, 1.82) is 0 Å². The number of halogens is 2. The number of benzene rings is 5. The molecule has 0 heterocycles. The van der Waals surface area contributed by atoms with E-state index in [1.165, 1.54) is 42.1 Å². The summed E-state index contributed by atoms with van der Waals surface area (Å²) >= 11 is 13.7. The van der Waals surface area contributed by atoms with Crippen molar-refractivity contribution in [2.24, 2.45) is 0 Å². The fourth-order valence-electron chi connectivity index (χ4n) is 4.67. The van der Waals surface area contributed by atoms with Crippen molar-refractivity contribution in [2.75, 3.05) is 10.6 Å². The van der Waals surface area contributed by atoms with Gasteiger partial charge >= 0.3 is 0 Å². The zero-order valence-corrected chi connectivity index (χ0v) is 28.2. The Hall–Kier alpha value is -5.42. The molecule has 5 rings (SSSR count). The molecule has 0 aromatic heterocycles. The smallest absolute Gasteiger partial charge is 0.272 e. The van der Waals surface area contributed by atoms with Gasteiger partial charge in [0, 0.05) is 44.0 Å². The molecule has 0 radical (unpaired) electrons. The van der Waals surface area contributed by atoms with E-state index in [9.17, 15) is 24.5 Å². The largest absolute Gasteiger partial charge is 0.325 e. The molecule has 3 N–H and O–H groups in total. The van der Waals surface area contributed by atoms with Crippen molar-refractivity contribution in [2.45, 2.75) is 17.1 Å². The lowest BCUT2D eigenvalue weighted by atomic mass is 10.1. The van der Waals surface area contributed by atoms with Crippen LogP contribution in [0.25, 0.3) is 6.08 Å². The summed E-state index contributed by atoms with van der Waals surface area (Å²) in [6.45, 7) is 1.69. The van der Waals surface area contributed by atoms with Crippen LogP contribution in [0, 0.1) is 17.0 Å². The lowest BCUT2D eigenvalue weighted by Crippen LogP contribution is -2.30. The molecule has 12 heteroatoms. The summed E-state index contributed by atoms with van der Waals surface area (Å²) in [6, 6.07) is 33.7. The summed E-state index contributed by atoms with van der Waals surface area (Å²) in [5, 5.41) is 19.6. The van der Waals surface area contributed by atoms with Gasteiger partial charge in [-0.1, -0.05) is 77.8 Å². The van der Waals surface area contributed by atoms with E-state index in [0.29, 0.717) is 38.1 Å². The van der Waals surface area contributed by atoms with Crippen LogP contribution < -0.4 is 16.0 Å². The minimum Gasteiger partial charge on any atom is -0.325 e. The minimum atomic E-state index is -0.664. The van der Waals surface area contributed by atoms with Gasteiger partial charge in [-0.05, 0) is 84.3 Å². The SMILES string of the molecule is Cc1cc([N+](=O)[O-])ccc1NC(=O)C(Sc1ccc(NC(=O)/C(=C/c2ccc(Cl)cc2Cl)NC(=O)c2ccccc2)cc1)c1ccccc1. The van der Waals surface area contributed by atoms with Crippen molar-refractivity contribution in [3.8, 4) is 0 Å². The number of amides is 3. The first kappa shape index (κ1) is 34.9. The first-order valence-electron chi connectivity index (χ1n) is 14.8. The monoisotopic (exact) mass is 710 g/mol. The van der Waals surface area contributed by atoms with Crippen LogP contribution in [-0.4, -0.2) is 22.6 Å². The number of carbonyl (C=O) groups excluding carboxylic acids is 3. The molecule has 0 aliphatic heterocycles. The molecular weight excluding hydrogens is 683 g/mol. The van der Waals surface area contributed by atoms with Crippen LogP contribution in [0.3, 0.4) is 0 Å². The highest BCUT2D eigenvalue weighted by molar-refractivity contribution is 8.00. The van der Waals surface area contributed by atoms with Crippen LogP contribution in [0.5, 0.6) is 0 Å². The van der Waals surface area contributed by atoms with Crippen molar-refractivity contribution < 1.29 is 19.3 Å². The molecule has 9 nitrogen and oxygen atoms in total. The van der Waals surface area contributed by atoms with Gasteiger partial charge in [0.05, 0.1) is 4.92 Å². The first-order chi connectivity index (χ1) is 23.6. The highest BCUT2D eigenvalue weighted by Gasteiger charge is 2.23. The molecule has 0 aliphatic rings. The molecule has 0 saturated carbocycles. The van der Waals surface area contributed by atoms with Crippen molar-refractivity contribution in [3.63, 3.8) is 0 Å². The Kier molecular flexibility index (Phi) is 11.5. The average Bonchev–Trinajstić information content (AvgIpc) is 3.10. The molecule has 0 saturated heterocycles. The van der Waals surface area contributed by atoms with Gasteiger partial charge in [-0.25, -0.2) is 0 Å². The lowest BCUT2D eigenvalue weighted by Gasteiger charge is -2.18.